The summed E-state index contributed by atoms with van der Waals surface area (Å²) in [4.78, 5) is 4.89. The number of benzene rings is 1. The molecule has 0 saturated heterocycles. The highest BCUT2D eigenvalue weighted by Crippen LogP contribution is 2.37. The number of fused-ring (bicyclic) bond motifs is 1. The van der Waals surface area contributed by atoms with E-state index in [-0.39, 0.29) is 5.54 Å². The predicted molar refractivity (Wildman–Crippen MR) is 88.7 cm³/mol. The molecule has 21 heavy (non-hydrogen) atoms. The molecule has 1 heterocycles. The first kappa shape index (κ1) is 14.9. The molecule has 0 radical (unpaired) electrons. The lowest BCUT2D eigenvalue weighted by atomic mass is 9.90. The lowest BCUT2D eigenvalue weighted by Gasteiger charge is -2.29. The smallest absolute Gasteiger partial charge is 0.130 e. The monoisotopic (exact) mass is 305 g/mol. The van der Waals surface area contributed by atoms with E-state index in [4.69, 9.17) is 22.3 Å². The fourth-order valence-corrected chi connectivity index (χ4v) is 3.80. The summed E-state index contributed by atoms with van der Waals surface area (Å²) in [5, 5.41) is 0.761. The molecule has 0 atom stereocenters. The molecular weight excluding hydrogens is 282 g/mol. The van der Waals surface area contributed by atoms with E-state index >= 15 is 0 Å². The van der Waals surface area contributed by atoms with E-state index < -0.39 is 0 Å². The molecule has 1 aromatic heterocycles. The molecule has 1 aromatic carbocycles. The highest BCUT2D eigenvalue weighted by molar-refractivity contribution is 6.35. The zero-order chi connectivity index (χ0) is 15.0. The van der Waals surface area contributed by atoms with Gasteiger partial charge in [-0.3, -0.25) is 0 Å². The van der Waals surface area contributed by atoms with Gasteiger partial charge in [0.25, 0.3) is 0 Å². The maximum Gasteiger partial charge on any atom is 0.130 e. The van der Waals surface area contributed by atoms with Crippen molar-refractivity contribution in [3.05, 3.63) is 29.0 Å². The lowest BCUT2D eigenvalue weighted by molar-refractivity contribution is 0.342. The number of hydrogen-bond donors (Lipinski definition) is 1. The van der Waals surface area contributed by atoms with Gasteiger partial charge in [-0.25, -0.2) is 4.98 Å². The van der Waals surface area contributed by atoms with Crippen LogP contribution in [-0.2, 0) is 5.54 Å². The van der Waals surface area contributed by atoms with E-state index in [2.05, 4.69) is 18.4 Å². The molecule has 0 unspecified atom stereocenters. The molecule has 1 saturated carbocycles. The Hall–Kier alpha value is -1.06. The first-order valence-corrected chi connectivity index (χ1v) is 8.36. The van der Waals surface area contributed by atoms with Crippen molar-refractivity contribution in [1.82, 2.24) is 9.55 Å². The van der Waals surface area contributed by atoms with Crippen molar-refractivity contribution in [2.75, 3.05) is 0 Å². The van der Waals surface area contributed by atoms with E-state index in [9.17, 15) is 0 Å². The third-order valence-electron chi connectivity index (χ3n) is 4.62. The van der Waals surface area contributed by atoms with Crippen LogP contribution < -0.4 is 5.73 Å². The Morgan fingerprint density at radius 3 is 2.48 bits per heavy atom. The Bertz CT molecular complexity index is 637. The van der Waals surface area contributed by atoms with E-state index in [1.54, 1.807) is 0 Å². The van der Waals surface area contributed by atoms with Crippen LogP contribution in [0.4, 0.5) is 0 Å². The summed E-state index contributed by atoms with van der Waals surface area (Å²) >= 11 is 6.43. The van der Waals surface area contributed by atoms with Gasteiger partial charge in [0.15, 0.2) is 0 Å². The average molecular weight is 306 g/mol. The Morgan fingerprint density at radius 1 is 1.19 bits per heavy atom. The summed E-state index contributed by atoms with van der Waals surface area (Å²) in [5.41, 5.74) is 8.47. The van der Waals surface area contributed by atoms with Gasteiger partial charge in [-0.05, 0) is 38.8 Å². The minimum atomic E-state index is -0.316. The number of halogens is 1. The van der Waals surface area contributed by atoms with Crippen molar-refractivity contribution in [3.8, 4) is 0 Å². The van der Waals surface area contributed by atoms with Gasteiger partial charge < -0.3 is 10.3 Å². The standard InChI is InChI=1S/C17H24ClN3/c1-12(2)21-15-13(18)8-7-9-14(15)20-16(21)17(19)10-5-3-4-6-11-17/h7-9,12H,3-6,10-11,19H2,1-2H3. The molecule has 3 rings (SSSR count). The molecule has 0 amide bonds. The van der Waals surface area contributed by atoms with Crippen LogP contribution in [0.15, 0.2) is 18.2 Å². The number of nitrogens with zero attached hydrogens (tertiary/aromatic N) is 2. The van der Waals surface area contributed by atoms with Crippen molar-refractivity contribution in [2.24, 2.45) is 5.73 Å². The van der Waals surface area contributed by atoms with Crippen molar-refractivity contribution in [1.29, 1.82) is 0 Å². The fraction of sp³-hybridized carbons (Fsp3) is 0.588. The number of imidazole rings is 1. The molecule has 1 fully saturated rings. The molecular formula is C17H24ClN3. The van der Waals surface area contributed by atoms with Gasteiger partial charge in [0.2, 0.25) is 0 Å². The first-order valence-electron chi connectivity index (χ1n) is 7.99. The van der Waals surface area contributed by atoms with Crippen LogP contribution in [0.25, 0.3) is 11.0 Å². The quantitative estimate of drug-likeness (QED) is 0.811. The van der Waals surface area contributed by atoms with Gasteiger partial charge in [-0.2, -0.15) is 0 Å². The lowest BCUT2D eigenvalue weighted by Crippen LogP contribution is -2.39. The molecule has 1 aliphatic carbocycles. The van der Waals surface area contributed by atoms with Crippen molar-refractivity contribution >= 4 is 22.6 Å². The van der Waals surface area contributed by atoms with Gasteiger partial charge >= 0.3 is 0 Å². The third-order valence-corrected chi connectivity index (χ3v) is 4.92. The highest BCUT2D eigenvalue weighted by atomic mass is 35.5. The minimum absolute atomic E-state index is 0.300. The summed E-state index contributed by atoms with van der Waals surface area (Å²) in [6, 6.07) is 6.23. The van der Waals surface area contributed by atoms with Crippen LogP contribution in [-0.4, -0.2) is 9.55 Å². The molecule has 3 nitrogen and oxygen atoms in total. The van der Waals surface area contributed by atoms with Crippen molar-refractivity contribution in [2.45, 2.75) is 64.0 Å². The molecule has 114 valence electrons. The SMILES string of the molecule is CC(C)n1c(C2(N)CCCCCC2)nc2cccc(Cl)c21. The average Bonchev–Trinajstić information content (AvgIpc) is 2.72. The van der Waals surface area contributed by atoms with Crippen LogP contribution in [0.5, 0.6) is 0 Å². The maximum atomic E-state index is 6.81. The van der Waals surface area contributed by atoms with Crippen LogP contribution in [0.1, 0.15) is 64.2 Å². The molecule has 0 aliphatic heterocycles. The first-order chi connectivity index (χ1) is 10.0. The number of para-hydroxylation sites is 1. The Kier molecular flexibility index (Phi) is 3.98. The van der Waals surface area contributed by atoms with E-state index in [0.29, 0.717) is 6.04 Å². The molecule has 4 heteroatoms. The Labute approximate surface area is 131 Å². The second kappa shape index (κ2) is 5.62. The number of rotatable bonds is 2. The van der Waals surface area contributed by atoms with Gasteiger partial charge in [0.1, 0.15) is 5.82 Å². The van der Waals surface area contributed by atoms with Crippen LogP contribution in [0.3, 0.4) is 0 Å². The predicted octanol–water partition coefficient (Wildman–Crippen LogP) is 4.78. The summed E-state index contributed by atoms with van der Waals surface area (Å²) < 4.78 is 2.25. The molecule has 2 aromatic rings. The van der Waals surface area contributed by atoms with E-state index in [1.807, 2.05) is 18.2 Å². The zero-order valence-electron chi connectivity index (χ0n) is 12.9. The Morgan fingerprint density at radius 2 is 1.86 bits per heavy atom. The zero-order valence-corrected chi connectivity index (χ0v) is 13.7. The number of aromatic nitrogens is 2. The summed E-state index contributed by atoms with van der Waals surface area (Å²) in [6.07, 6.45) is 6.96. The molecule has 2 N–H and O–H groups in total. The highest BCUT2D eigenvalue weighted by Gasteiger charge is 2.34. The summed E-state index contributed by atoms with van der Waals surface area (Å²) in [7, 11) is 0. The van der Waals surface area contributed by atoms with Gasteiger partial charge in [0, 0.05) is 6.04 Å². The van der Waals surface area contributed by atoms with Gasteiger partial charge in [-0.1, -0.05) is 43.4 Å². The van der Waals surface area contributed by atoms with Crippen molar-refractivity contribution in [3.63, 3.8) is 0 Å². The van der Waals surface area contributed by atoms with Gasteiger partial charge in [-0.15, -0.1) is 0 Å². The second-order valence-electron chi connectivity index (χ2n) is 6.58. The number of hydrogen-bond acceptors (Lipinski definition) is 2. The summed E-state index contributed by atoms with van der Waals surface area (Å²) in [6.45, 7) is 4.35. The van der Waals surface area contributed by atoms with Crippen molar-refractivity contribution < 1.29 is 0 Å². The van der Waals surface area contributed by atoms with E-state index in [1.165, 1.54) is 25.7 Å². The maximum absolute atomic E-state index is 6.81. The second-order valence-corrected chi connectivity index (χ2v) is 6.98. The van der Waals surface area contributed by atoms with Gasteiger partial charge in [0.05, 0.1) is 21.6 Å². The van der Waals surface area contributed by atoms with Crippen LogP contribution in [0.2, 0.25) is 5.02 Å². The normalized spacial score (nSPS) is 19.1. The topological polar surface area (TPSA) is 43.8 Å². The third kappa shape index (κ3) is 2.58. The van der Waals surface area contributed by atoms with E-state index in [0.717, 1.165) is 34.7 Å². The number of nitrogens with two attached hydrogens (primary N) is 1. The van der Waals surface area contributed by atoms with Crippen LogP contribution in [0, 0.1) is 0 Å². The molecule has 1 aliphatic rings. The summed E-state index contributed by atoms with van der Waals surface area (Å²) in [5.74, 6) is 1.02. The van der Waals surface area contributed by atoms with Crippen LogP contribution >= 0.6 is 11.6 Å². The molecule has 0 spiro atoms. The largest absolute Gasteiger partial charge is 0.323 e. The minimum Gasteiger partial charge on any atom is -0.323 e. The fourth-order valence-electron chi connectivity index (χ4n) is 3.54. The molecule has 0 bridgehead atoms. The Balaban J connectivity index is 2.21.